The Morgan fingerprint density at radius 1 is 1.34 bits per heavy atom. The van der Waals surface area contributed by atoms with Gasteiger partial charge in [0.2, 0.25) is 5.43 Å². The molecule has 2 aromatic rings. The average molecular weight is 448 g/mol. The minimum absolute atomic E-state index is 0. The van der Waals surface area contributed by atoms with E-state index in [9.17, 15) is 14.0 Å². The third-order valence-corrected chi connectivity index (χ3v) is 6.32. The van der Waals surface area contributed by atoms with Gasteiger partial charge in [-0.25, -0.2) is 13.6 Å². The Bertz CT molecular complexity index is 1030. The fourth-order valence-corrected chi connectivity index (χ4v) is 4.50. The van der Waals surface area contributed by atoms with Crippen LogP contribution in [-0.2, 0) is 0 Å². The van der Waals surface area contributed by atoms with Crippen molar-refractivity contribution in [1.29, 1.82) is 0 Å². The third-order valence-electron chi connectivity index (χ3n) is 5.22. The van der Waals surface area contributed by atoms with Crippen molar-refractivity contribution in [2.24, 2.45) is 5.73 Å². The molecule has 1 aliphatic carbocycles. The number of nitrogens with two attached hydrogens (primary N) is 1. The lowest BCUT2D eigenvalue weighted by molar-refractivity contribution is 0.143. The lowest BCUT2D eigenvalue weighted by Crippen LogP contribution is -2.31. The number of hydrogen-bond acceptors (Lipinski definition) is 6. The van der Waals surface area contributed by atoms with E-state index in [0.717, 1.165) is 18.9 Å². The van der Waals surface area contributed by atoms with Crippen LogP contribution in [0.1, 0.15) is 18.9 Å². The molecule has 0 bridgehead atoms. The van der Waals surface area contributed by atoms with Crippen LogP contribution in [0.5, 0.6) is 5.75 Å². The molecule has 0 radical (unpaired) electrons. The summed E-state index contributed by atoms with van der Waals surface area (Å²) in [6, 6.07) is 0.648. The fourth-order valence-electron chi connectivity index (χ4n) is 3.73. The van der Waals surface area contributed by atoms with E-state index in [1.54, 1.807) is 16.7 Å². The van der Waals surface area contributed by atoms with E-state index in [4.69, 9.17) is 10.8 Å². The van der Waals surface area contributed by atoms with Crippen LogP contribution in [0.25, 0.3) is 10.9 Å². The van der Waals surface area contributed by atoms with E-state index in [2.05, 4.69) is 4.74 Å². The van der Waals surface area contributed by atoms with Gasteiger partial charge in [0.25, 0.3) is 0 Å². The van der Waals surface area contributed by atoms with E-state index < -0.39 is 29.0 Å². The maximum atomic E-state index is 15.5. The van der Waals surface area contributed by atoms with Gasteiger partial charge >= 0.3 is 6.16 Å². The van der Waals surface area contributed by atoms with Gasteiger partial charge in [-0.2, -0.15) is 11.8 Å². The summed E-state index contributed by atoms with van der Waals surface area (Å²) in [5.74, 6) is -2.19. The molecule has 2 heterocycles. The summed E-state index contributed by atoms with van der Waals surface area (Å²) in [5.41, 5.74) is 4.96. The smallest absolute Gasteiger partial charge is 0.449 e. The number of fused-ring (bicyclic) bond motifs is 1. The van der Waals surface area contributed by atoms with Crippen LogP contribution in [0, 0.1) is 11.6 Å². The number of aromatic nitrogens is 1. The Balaban J connectivity index is 0.00000240. The molecule has 0 amide bonds. The predicted molar refractivity (Wildman–Crippen MR) is 110 cm³/mol. The number of benzene rings is 1. The van der Waals surface area contributed by atoms with Gasteiger partial charge in [-0.3, -0.25) is 4.79 Å². The summed E-state index contributed by atoms with van der Waals surface area (Å²) < 4.78 is 36.4. The number of halogens is 3. The fraction of sp³-hybridized carbons (Fsp3) is 0.444. The number of anilines is 1. The Kier molecular flexibility index (Phi) is 5.98. The number of nitrogens with zero attached hydrogens (tertiary/aromatic N) is 2. The second-order valence-corrected chi connectivity index (χ2v) is 8.17. The molecule has 3 N–H and O–H groups in total. The Labute approximate surface area is 175 Å². The molecule has 2 aliphatic rings. The minimum atomic E-state index is -1.66. The summed E-state index contributed by atoms with van der Waals surface area (Å²) in [4.78, 5) is 25.0. The van der Waals surface area contributed by atoms with Gasteiger partial charge in [-0.1, -0.05) is 0 Å². The summed E-state index contributed by atoms with van der Waals surface area (Å²) >= 11 is 1.54. The van der Waals surface area contributed by atoms with Gasteiger partial charge in [0.15, 0.2) is 11.6 Å². The molecule has 2 atom stereocenters. The molecular weight excluding hydrogens is 428 g/mol. The third kappa shape index (κ3) is 3.76. The summed E-state index contributed by atoms with van der Waals surface area (Å²) in [7, 11) is 0. The number of carboxylic acid groups (broad SMARTS) is 1. The van der Waals surface area contributed by atoms with Gasteiger partial charge in [0.05, 0.1) is 17.1 Å². The molecule has 7 nitrogen and oxygen atoms in total. The highest BCUT2D eigenvalue weighted by Gasteiger charge is 2.35. The van der Waals surface area contributed by atoms with Crippen molar-refractivity contribution in [2.75, 3.05) is 24.2 Å². The SMILES string of the molecule is CS[C@H]1CN(c2c(F)cc3c(=O)c(OC(=O)O)cn(C4CC4)c3c2F)C[C@@H]1N.Cl. The van der Waals surface area contributed by atoms with E-state index in [1.165, 1.54) is 10.8 Å². The molecule has 2 fully saturated rings. The lowest BCUT2D eigenvalue weighted by Gasteiger charge is -2.22. The normalized spacial score (nSPS) is 21.3. The summed E-state index contributed by atoms with van der Waals surface area (Å²) in [6.45, 7) is 0.703. The van der Waals surface area contributed by atoms with E-state index in [1.807, 2.05) is 6.26 Å². The monoisotopic (exact) mass is 447 g/mol. The van der Waals surface area contributed by atoms with E-state index in [0.29, 0.717) is 13.1 Å². The van der Waals surface area contributed by atoms with Crippen LogP contribution in [0.4, 0.5) is 19.3 Å². The van der Waals surface area contributed by atoms with Crippen molar-refractivity contribution in [2.45, 2.75) is 30.2 Å². The standard InChI is InChI=1S/C18H19F2N3O4S.ClH/c1-28-13-7-22(5-11(13)21)16-10(19)4-9-15(14(16)20)23(8-2-3-8)6-12(17(9)24)27-18(25)26;/h4,6,8,11,13H,2-3,5,7,21H2,1H3,(H,25,26);1H/t11-,13-;/m0./s1. The second-order valence-electron chi connectivity index (χ2n) is 7.09. The molecule has 1 saturated heterocycles. The number of hydrogen-bond donors (Lipinski definition) is 2. The first kappa shape index (κ1) is 21.7. The maximum absolute atomic E-state index is 15.5. The second kappa shape index (κ2) is 8.00. The van der Waals surface area contributed by atoms with Gasteiger partial charge in [0, 0.05) is 30.4 Å². The number of ether oxygens (including phenoxy) is 1. The summed E-state index contributed by atoms with van der Waals surface area (Å²) in [5, 5.41) is 8.65. The van der Waals surface area contributed by atoms with Crippen molar-refractivity contribution in [3.8, 4) is 5.75 Å². The zero-order chi connectivity index (χ0) is 20.2. The molecule has 1 aromatic carbocycles. The van der Waals surface area contributed by atoms with Crippen LogP contribution in [0.2, 0.25) is 0 Å². The number of rotatable bonds is 4. The molecule has 1 aliphatic heterocycles. The van der Waals surface area contributed by atoms with Crippen molar-refractivity contribution < 1.29 is 23.4 Å². The van der Waals surface area contributed by atoms with Crippen LogP contribution in [-0.4, -0.2) is 46.5 Å². The Hall–Kier alpha value is -2.04. The van der Waals surface area contributed by atoms with Crippen LogP contribution in [0.3, 0.4) is 0 Å². The molecule has 158 valence electrons. The van der Waals surface area contributed by atoms with Gasteiger partial charge in [-0.15, -0.1) is 12.4 Å². The molecule has 0 unspecified atom stereocenters. The zero-order valence-electron chi connectivity index (χ0n) is 15.4. The molecule has 4 rings (SSSR count). The Morgan fingerprint density at radius 3 is 2.59 bits per heavy atom. The highest BCUT2D eigenvalue weighted by molar-refractivity contribution is 7.99. The predicted octanol–water partition coefficient (Wildman–Crippen LogP) is 2.97. The molecule has 1 saturated carbocycles. The maximum Gasteiger partial charge on any atom is 0.511 e. The first-order chi connectivity index (χ1) is 13.3. The van der Waals surface area contributed by atoms with Crippen LogP contribution in [0.15, 0.2) is 17.1 Å². The van der Waals surface area contributed by atoms with Gasteiger partial charge < -0.3 is 25.0 Å². The average Bonchev–Trinajstić information content (AvgIpc) is 3.40. The highest BCUT2D eigenvalue weighted by atomic mass is 35.5. The van der Waals surface area contributed by atoms with E-state index >= 15 is 4.39 Å². The van der Waals surface area contributed by atoms with E-state index in [-0.39, 0.29) is 46.3 Å². The molecular formula is C18H20ClF2N3O4S. The van der Waals surface area contributed by atoms with Crippen LogP contribution < -0.4 is 20.8 Å². The van der Waals surface area contributed by atoms with Crippen LogP contribution >= 0.6 is 24.2 Å². The Morgan fingerprint density at radius 2 is 2.03 bits per heavy atom. The summed E-state index contributed by atoms with van der Waals surface area (Å²) in [6.07, 6.45) is 2.93. The zero-order valence-corrected chi connectivity index (χ0v) is 17.1. The number of thioether (sulfide) groups is 1. The van der Waals surface area contributed by atoms with Crippen molar-refractivity contribution in [1.82, 2.24) is 4.57 Å². The number of carbonyl (C=O) groups is 1. The highest BCUT2D eigenvalue weighted by Crippen LogP contribution is 2.41. The molecule has 29 heavy (non-hydrogen) atoms. The van der Waals surface area contributed by atoms with Crippen molar-refractivity contribution in [3.05, 3.63) is 34.1 Å². The minimum Gasteiger partial charge on any atom is -0.449 e. The van der Waals surface area contributed by atoms with Gasteiger partial charge in [-0.05, 0) is 25.2 Å². The van der Waals surface area contributed by atoms with Crippen molar-refractivity contribution in [3.63, 3.8) is 0 Å². The number of pyridine rings is 1. The van der Waals surface area contributed by atoms with Crippen molar-refractivity contribution >= 4 is 46.9 Å². The first-order valence-electron chi connectivity index (χ1n) is 8.82. The largest absolute Gasteiger partial charge is 0.511 e. The lowest BCUT2D eigenvalue weighted by atomic mass is 10.1. The first-order valence-corrected chi connectivity index (χ1v) is 10.1. The van der Waals surface area contributed by atoms with Gasteiger partial charge in [0.1, 0.15) is 11.5 Å². The quantitative estimate of drug-likeness (QED) is 0.695. The molecule has 0 spiro atoms. The topological polar surface area (TPSA) is 97.8 Å². The molecule has 1 aromatic heterocycles. The molecule has 11 heteroatoms.